The second-order valence-corrected chi connectivity index (χ2v) is 4.87. The number of methoxy groups -OCH3 is 1. The number of ether oxygens (including phenoxy) is 1. The van der Waals surface area contributed by atoms with Crippen LogP contribution in [0.1, 0.15) is 12.8 Å². The fraction of sp³-hybridized carbons (Fsp3) is 0.385. The molecule has 18 heavy (non-hydrogen) atoms. The molecular weight excluding hydrogens is 248 g/mol. The number of hydrogen-bond donors (Lipinski definition) is 0. The number of nitrogens with zero attached hydrogens (tertiary/aromatic N) is 2. The van der Waals surface area contributed by atoms with Gasteiger partial charge in [0.2, 0.25) is 0 Å². The van der Waals surface area contributed by atoms with Gasteiger partial charge in [0, 0.05) is 6.54 Å². The first-order valence-electron chi connectivity index (χ1n) is 6.01. The van der Waals surface area contributed by atoms with Crippen molar-refractivity contribution in [3.8, 4) is 5.75 Å². The number of fused-ring (bicyclic) bond motifs is 1. The number of carbonyl (C=O) groups is 1. The molecule has 2 saturated heterocycles. The summed E-state index contributed by atoms with van der Waals surface area (Å²) >= 11 is 5.40. The number of thiocarbonyl (C=S) groups is 1. The Hall–Kier alpha value is -1.62. The van der Waals surface area contributed by atoms with Crippen molar-refractivity contribution < 1.29 is 9.53 Å². The minimum absolute atomic E-state index is 0.0420. The summed E-state index contributed by atoms with van der Waals surface area (Å²) in [6.07, 6.45) is 1.96. The van der Waals surface area contributed by atoms with E-state index in [1.54, 1.807) is 12.0 Å². The fourth-order valence-electron chi connectivity index (χ4n) is 2.59. The van der Waals surface area contributed by atoms with E-state index in [9.17, 15) is 4.79 Å². The Labute approximate surface area is 111 Å². The van der Waals surface area contributed by atoms with E-state index in [4.69, 9.17) is 17.0 Å². The van der Waals surface area contributed by atoms with Gasteiger partial charge < -0.3 is 9.64 Å². The Bertz CT molecular complexity index is 478. The van der Waals surface area contributed by atoms with Crippen LogP contribution in [-0.2, 0) is 4.79 Å². The van der Waals surface area contributed by atoms with Gasteiger partial charge in [0.25, 0.3) is 5.91 Å². The maximum absolute atomic E-state index is 12.3. The molecule has 1 aromatic rings. The molecule has 0 bridgehead atoms. The second-order valence-electron chi connectivity index (χ2n) is 4.51. The predicted molar refractivity (Wildman–Crippen MR) is 72.8 cm³/mol. The van der Waals surface area contributed by atoms with Crippen molar-refractivity contribution in [1.29, 1.82) is 0 Å². The molecular formula is C13H14N2O2S. The number of hydrogen-bond acceptors (Lipinski definition) is 3. The maximum Gasteiger partial charge on any atom is 0.256 e. The van der Waals surface area contributed by atoms with Gasteiger partial charge in [-0.1, -0.05) is 0 Å². The van der Waals surface area contributed by atoms with Gasteiger partial charge in [-0.15, -0.1) is 0 Å². The van der Waals surface area contributed by atoms with Gasteiger partial charge in [0.1, 0.15) is 11.8 Å². The van der Waals surface area contributed by atoms with Gasteiger partial charge >= 0.3 is 0 Å². The monoisotopic (exact) mass is 262 g/mol. The molecule has 2 fully saturated rings. The van der Waals surface area contributed by atoms with Crippen molar-refractivity contribution in [2.24, 2.45) is 0 Å². The summed E-state index contributed by atoms with van der Waals surface area (Å²) in [5, 5.41) is 0.632. The van der Waals surface area contributed by atoms with E-state index in [0.717, 1.165) is 30.8 Å². The third-order valence-corrected chi connectivity index (χ3v) is 3.94. The Morgan fingerprint density at radius 2 is 2.06 bits per heavy atom. The van der Waals surface area contributed by atoms with Crippen LogP contribution in [0.15, 0.2) is 24.3 Å². The first-order chi connectivity index (χ1) is 8.72. The van der Waals surface area contributed by atoms with Gasteiger partial charge in [-0.05, 0) is 49.3 Å². The van der Waals surface area contributed by atoms with Crippen LogP contribution in [0.5, 0.6) is 5.75 Å². The van der Waals surface area contributed by atoms with Gasteiger partial charge in [-0.25, -0.2) is 0 Å². The first-order valence-corrected chi connectivity index (χ1v) is 6.42. The quantitative estimate of drug-likeness (QED) is 0.761. The minimum Gasteiger partial charge on any atom is -0.497 e. The van der Waals surface area contributed by atoms with Crippen LogP contribution in [-0.4, -0.2) is 35.6 Å². The molecule has 2 aliphatic rings. The van der Waals surface area contributed by atoms with Crippen molar-refractivity contribution in [3.63, 3.8) is 0 Å². The lowest BCUT2D eigenvalue weighted by atomic mass is 10.2. The highest BCUT2D eigenvalue weighted by Crippen LogP contribution is 2.32. The van der Waals surface area contributed by atoms with Crippen LogP contribution >= 0.6 is 12.2 Å². The Balaban J connectivity index is 1.92. The molecule has 0 unspecified atom stereocenters. The van der Waals surface area contributed by atoms with Crippen LogP contribution in [0.2, 0.25) is 0 Å². The summed E-state index contributed by atoms with van der Waals surface area (Å²) in [6.45, 7) is 0.891. The number of carbonyl (C=O) groups excluding carboxylic acids is 1. The van der Waals surface area contributed by atoms with Crippen molar-refractivity contribution >= 4 is 28.9 Å². The Morgan fingerprint density at radius 3 is 2.67 bits per heavy atom. The molecule has 1 atom stereocenters. The number of rotatable bonds is 2. The molecule has 0 N–H and O–H groups in total. The van der Waals surface area contributed by atoms with Gasteiger partial charge in [0.05, 0.1) is 12.8 Å². The number of anilines is 1. The largest absolute Gasteiger partial charge is 0.497 e. The molecule has 0 saturated carbocycles. The molecule has 1 aromatic carbocycles. The minimum atomic E-state index is -0.0420. The van der Waals surface area contributed by atoms with E-state index < -0.39 is 0 Å². The van der Waals surface area contributed by atoms with E-state index in [2.05, 4.69) is 0 Å². The summed E-state index contributed by atoms with van der Waals surface area (Å²) in [5.41, 5.74) is 0.820. The van der Waals surface area contributed by atoms with Crippen molar-refractivity contribution in [2.75, 3.05) is 18.6 Å². The lowest BCUT2D eigenvalue weighted by Gasteiger charge is -2.18. The second kappa shape index (κ2) is 4.24. The predicted octanol–water partition coefficient (Wildman–Crippen LogP) is 1.79. The van der Waals surface area contributed by atoms with E-state index in [-0.39, 0.29) is 11.9 Å². The zero-order chi connectivity index (χ0) is 12.7. The van der Waals surface area contributed by atoms with Crippen molar-refractivity contribution in [2.45, 2.75) is 18.9 Å². The SMILES string of the molecule is COc1ccc(N2C(=O)[C@@H]3CCCN3C2=S)cc1. The van der Waals surface area contributed by atoms with Crippen LogP contribution in [0, 0.1) is 0 Å². The van der Waals surface area contributed by atoms with Gasteiger partial charge in [-0.2, -0.15) is 0 Å². The average Bonchev–Trinajstić information content (AvgIpc) is 2.95. The Kier molecular flexibility index (Phi) is 2.70. The lowest BCUT2D eigenvalue weighted by Crippen LogP contribution is -2.32. The summed E-state index contributed by atoms with van der Waals surface area (Å²) in [7, 11) is 1.62. The van der Waals surface area contributed by atoms with Crippen molar-refractivity contribution in [3.05, 3.63) is 24.3 Å². The van der Waals surface area contributed by atoms with E-state index in [1.807, 2.05) is 29.2 Å². The molecule has 5 heteroatoms. The molecule has 94 valence electrons. The molecule has 0 radical (unpaired) electrons. The van der Waals surface area contributed by atoms with Crippen LogP contribution in [0.3, 0.4) is 0 Å². The molecule has 2 heterocycles. The van der Waals surface area contributed by atoms with Gasteiger partial charge in [0.15, 0.2) is 5.11 Å². The molecule has 4 nitrogen and oxygen atoms in total. The lowest BCUT2D eigenvalue weighted by molar-refractivity contribution is -0.119. The molecule has 0 spiro atoms. The maximum atomic E-state index is 12.3. The van der Waals surface area contributed by atoms with Crippen LogP contribution in [0.25, 0.3) is 0 Å². The van der Waals surface area contributed by atoms with E-state index in [1.165, 1.54) is 0 Å². The normalized spacial score (nSPS) is 22.6. The van der Waals surface area contributed by atoms with Crippen molar-refractivity contribution in [1.82, 2.24) is 4.90 Å². The summed E-state index contributed by atoms with van der Waals surface area (Å²) in [4.78, 5) is 16.0. The number of benzene rings is 1. The summed E-state index contributed by atoms with van der Waals surface area (Å²) < 4.78 is 5.11. The molecule has 2 aliphatic heterocycles. The highest BCUT2D eigenvalue weighted by atomic mass is 32.1. The highest BCUT2D eigenvalue weighted by molar-refractivity contribution is 7.80. The van der Waals surface area contributed by atoms with E-state index >= 15 is 0 Å². The number of amides is 1. The summed E-state index contributed by atoms with van der Waals surface area (Å²) in [6, 6.07) is 7.37. The first kappa shape index (κ1) is 11.5. The van der Waals surface area contributed by atoms with Crippen LogP contribution < -0.4 is 9.64 Å². The molecule has 0 aromatic heterocycles. The molecule has 3 rings (SSSR count). The van der Waals surface area contributed by atoms with Crippen LogP contribution in [0.4, 0.5) is 5.69 Å². The Morgan fingerprint density at radius 1 is 1.33 bits per heavy atom. The summed E-state index contributed by atoms with van der Waals surface area (Å²) in [5.74, 6) is 0.875. The molecule has 0 aliphatic carbocycles. The standard InChI is InChI=1S/C13H14N2O2S/c1-17-10-6-4-9(5-7-10)15-12(16)11-3-2-8-14(11)13(15)18/h4-7,11H,2-3,8H2,1H3/t11-/m0/s1. The van der Waals surface area contributed by atoms with E-state index in [0.29, 0.717) is 5.11 Å². The molecule has 1 amide bonds. The third-order valence-electron chi connectivity index (χ3n) is 3.53. The highest BCUT2D eigenvalue weighted by Gasteiger charge is 2.45. The fourth-order valence-corrected chi connectivity index (χ4v) is 3.01. The van der Waals surface area contributed by atoms with Gasteiger partial charge in [-0.3, -0.25) is 9.69 Å². The zero-order valence-electron chi connectivity index (χ0n) is 10.1. The zero-order valence-corrected chi connectivity index (χ0v) is 10.9. The smallest absolute Gasteiger partial charge is 0.256 e. The third kappa shape index (κ3) is 1.58. The average molecular weight is 262 g/mol. The topological polar surface area (TPSA) is 32.8 Å².